The van der Waals surface area contributed by atoms with E-state index in [1.54, 1.807) is 6.07 Å². The first kappa shape index (κ1) is 18.5. The third-order valence-corrected chi connectivity index (χ3v) is 4.76. The third-order valence-electron chi connectivity index (χ3n) is 4.35. The second-order valence-corrected chi connectivity index (χ2v) is 6.76. The largest absolute Gasteiger partial charge is 0.376 e. The molecule has 1 saturated heterocycles. The number of amides is 1. The van der Waals surface area contributed by atoms with Crippen LogP contribution in [-0.4, -0.2) is 40.3 Å². The molecule has 0 saturated carbocycles. The van der Waals surface area contributed by atoms with E-state index in [4.69, 9.17) is 16.3 Å². The van der Waals surface area contributed by atoms with Crippen LogP contribution in [0.4, 0.5) is 0 Å². The molecule has 0 unspecified atom stereocenters. The van der Waals surface area contributed by atoms with Crippen molar-refractivity contribution < 1.29 is 9.53 Å². The van der Waals surface area contributed by atoms with Crippen molar-refractivity contribution in [1.82, 2.24) is 20.5 Å². The summed E-state index contributed by atoms with van der Waals surface area (Å²) in [5.74, 6) is 0.222. The van der Waals surface area contributed by atoms with Crippen molar-refractivity contribution in [3.63, 3.8) is 0 Å². The van der Waals surface area contributed by atoms with Crippen LogP contribution in [0.15, 0.2) is 23.0 Å². The molecule has 1 fully saturated rings. The van der Waals surface area contributed by atoms with Gasteiger partial charge in [-0.25, -0.2) is 0 Å². The number of aromatic amines is 1. The van der Waals surface area contributed by atoms with Crippen LogP contribution >= 0.6 is 11.6 Å². The molecule has 1 aromatic carbocycles. The molecule has 3 rings (SSSR count). The predicted octanol–water partition coefficient (Wildman–Crippen LogP) is 2.02. The van der Waals surface area contributed by atoms with E-state index in [0.717, 1.165) is 25.0 Å². The Morgan fingerprint density at radius 3 is 2.96 bits per heavy atom. The van der Waals surface area contributed by atoms with Gasteiger partial charge in [0.05, 0.1) is 6.10 Å². The lowest BCUT2D eigenvalue weighted by Crippen LogP contribution is -2.32. The maximum Gasteiger partial charge on any atom is 0.273 e. The number of aromatic nitrogens is 3. The average molecular weight is 377 g/mol. The van der Waals surface area contributed by atoms with Gasteiger partial charge in [-0.05, 0) is 31.4 Å². The van der Waals surface area contributed by atoms with Gasteiger partial charge in [0, 0.05) is 36.6 Å². The average Bonchev–Trinajstić information content (AvgIpc) is 3.15. The van der Waals surface area contributed by atoms with Gasteiger partial charge in [0.1, 0.15) is 5.69 Å². The van der Waals surface area contributed by atoms with Gasteiger partial charge >= 0.3 is 0 Å². The molecule has 7 nitrogen and oxygen atoms in total. The Bertz CT molecular complexity index is 847. The summed E-state index contributed by atoms with van der Waals surface area (Å²) in [5, 5.41) is 11.4. The fourth-order valence-electron chi connectivity index (χ4n) is 2.75. The van der Waals surface area contributed by atoms with Gasteiger partial charge in [-0.2, -0.15) is 0 Å². The van der Waals surface area contributed by atoms with E-state index >= 15 is 0 Å². The number of hydrogen-bond donors (Lipinski definition) is 2. The van der Waals surface area contributed by atoms with Gasteiger partial charge in [-0.15, -0.1) is 10.2 Å². The SMILES string of the molecule is Cc1ccc(-c2nnc(CCC(=O)NC[C@H]3CCCO3)c(=O)[nH]2)cc1Cl. The van der Waals surface area contributed by atoms with E-state index in [2.05, 4.69) is 20.5 Å². The number of aryl methyl sites for hydroxylation is 2. The van der Waals surface area contributed by atoms with Crippen molar-refractivity contribution in [3.05, 3.63) is 44.8 Å². The fraction of sp³-hybridized carbons (Fsp3) is 0.444. The lowest BCUT2D eigenvalue weighted by Gasteiger charge is -2.10. The Kier molecular flexibility index (Phi) is 6.00. The van der Waals surface area contributed by atoms with Gasteiger partial charge in [-0.3, -0.25) is 9.59 Å². The molecule has 2 N–H and O–H groups in total. The second-order valence-electron chi connectivity index (χ2n) is 6.35. The van der Waals surface area contributed by atoms with Gasteiger partial charge in [0.25, 0.3) is 5.56 Å². The van der Waals surface area contributed by atoms with Crippen LogP contribution in [-0.2, 0) is 16.0 Å². The van der Waals surface area contributed by atoms with Crippen molar-refractivity contribution in [2.24, 2.45) is 0 Å². The summed E-state index contributed by atoms with van der Waals surface area (Å²) in [4.78, 5) is 26.8. The monoisotopic (exact) mass is 376 g/mol. The first-order chi connectivity index (χ1) is 12.5. The molecule has 0 bridgehead atoms. The van der Waals surface area contributed by atoms with Crippen molar-refractivity contribution in [2.75, 3.05) is 13.2 Å². The topological polar surface area (TPSA) is 97.0 Å². The highest BCUT2D eigenvalue weighted by Crippen LogP contribution is 2.21. The number of nitrogens with one attached hydrogen (secondary N) is 2. The Morgan fingerprint density at radius 2 is 2.27 bits per heavy atom. The summed E-state index contributed by atoms with van der Waals surface area (Å²) in [6.07, 6.45) is 2.51. The molecule has 0 radical (unpaired) electrons. The van der Waals surface area contributed by atoms with Crippen LogP contribution in [0.5, 0.6) is 0 Å². The molecule has 138 valence electrons. The first-order valence-corrected chi connectivity index (χ1v) is 9.01. The number of halogens is 1. The molecule has 8 heteroatoms. The van der Waals surface area contributed by atoms with Crippen LogP contribution in [0.25, 0.3) is 11.4 Å². The third kappa shape index (κ3) is 4.68. The Morgan fingerprint density at radius 1 is 1.42 bits per heavy atom. The minimum Gasteiger partial charge on any atom is -0.376 e. The molecular weight excluding hydrogens is 356 g/mol. The quantitative estimate of drug-likeness (QED) is 0.803. The lowest BCUT2D eigenvalue weighted by molar-refractivity contribution is -0.121. The Hall–Kier alpha value is -2.25. The van der Waals surface area contributed by atoms with Crippen LogP contribution in [0.2, 0.25) is 5.02 Å². The predicted molar refractivity (Wildman–Crippen MR) is 98.1 cm³/mol. The molecule has 0 spiro atoms. The van der Waals surface area contributed by atoms with Gasteiger partial charge in [0.15, 0.2) is 5.82 Å². The molecule has 26 heavy (non-hydrogen) atoms. The standard InChI is InChI=1S/C18H21ClN4O3/c1-11-4-5-12(9-14(11)19)17-21-18(25)15(22-23-17)6-7-16(24)20-10-13-3-2-8-26-13/h4-5,9,13H,2-3,6-8,10H2,1H3,(H,20,24)(H,21,23,25)/t13-/m1/s1. The van der Waals surface area contributed by atoms with E-state index in [0.29, 0.717) is 23.0 Å². The van der Waals surface area contributed by atoms with Crippen molar-refractivity contribution >= 4 is 17.5 Å². The molecular formula is C18H21ClN4O3. The summed E-state index contributed by atoms with van der Waals surface area (Å²) < 4.78 is 5.45. The highest BCUT2D eigenvalue weighted by molar-refractivity contribution is 6.31. The summed E-state index contributed by atoms with van der Waals surface area (Å²) in [7, 11) is 0. The smallest absolute Gasteiger partial charge is 0.273 e. The summed E-state index contributed by atoms with van der Waals surface area (Å²) in [5.41, 5.74) is 1.51. The zero-order valence-corrected chi connectivity index (χ0v) is 15.3. The molecule has 1 aromatic heterocycles. The molecule has 1 aliphatic heterocycles. The maximum atomic E-state index is 12.2. The Balaban J connectivity index is 1.58. The van der Waals surface area contributed by atoms with E-state index in [1.807, 2.05) is 19.1 Å². The highest BCUT2D eigenvalue weighted by Gasteiger charge is 2.16. The van der Waals surface area contributed by atoms with Crippen LogP contribution in [0.3, 0.4) is 0 Å². The van der Waals surface area contributed by atoms with Gasteiger partial charge < -0.3 is 15.0 Å². The maximum absolute atomic E-state index is 12.2. The summed E-state index contributed by atoms with van der Waals surface area (Å²) in [6.45, 7) is 3.16. The Labute approximate surface area is 156 Å². The molecule has 1 atom stereocenters. The van der Waals surface area contributed by atoms with Crippen LogP contribution in [0.1, 0.15) is 30.5 Å². The van der Waals surface area contributed by atoms with E-state index in [1.165, 1.54) is 0 Å². The normalized spacial score (nSPS) is 16.6. The molecule has 2 heterocycles. The fourth-order valence-corrected chi connectivity index (χ4v) is 2.93. The first-order valence-electron chi connectivity index (χ1n) is 8.63. The van der Waals surface area contributed by atoms with E-state index < -0.39 is 0 Å². The summed E-state index contributed by atoms with van der Waals surface area (Å²) in [6, 6.07) is 5.40. The number of nitrogens with zero attached hydrogens (tertiary/aromatic N) is 2. The van der Waals surface area contributed by atoms with Crippen LogP contribution < -0.4 is 10.9 Å². The van der Waals surface area contributed by atoms with Crippen molar-refractivity contribution in [3.8, 4) is 11.4 Å². The van der Waals surface area contributed by atoms with Gasteiger partial charge in [0.2, 0.25) is 5.91 Å². The number of benzene rings is 1. The second kappa shape index (κ2) is 8.42. The molecule has 2 aromatic rings. The minimum absolute atomic E-state index is 0.0998. The zero-order valence-electron chi connectivity index (χ0n) is 14.5. The number of hydrogen-bond acceptors (Lipinski definition) is 5. The van der Waals surface area contributed by atoms with Gasteiger partial charge in [-0.1, -0.05) is 23.7 Å². The number of H-pyrrole nitrogens is 1. The number of rotatable bonds is 6. The number of ether oxygens (including phenoxy) is 1. The minimum atomic E-state index is -0.348. The number of carbonyl (C=O) groups excluding carboxylic acids is 1. The molecule has 0 aliphatic carbocycles. The van der Waals surface area contributed by atoms with Crippen molar-refractivity contribution in [2.45, 2.75) is 38.7 Å². The number of carbonyl (C=O) groups is 1. The lowest BCUT2D eigenvalue weighted by atomic mass is 10.1. The van der Waals surface area contributed by atoms with E-state index in [-0.39, 0.29) is 36.1 Å². The zero-order chi connectivity index (χ0) is 18.5. The van der Waals surface area contributed by atoms with Crippen molar-refractivity contribution in [1.29, 1.82) is 0 Å². The van der Waals surface area contributed by atoms with Crippen LogP contribution in [0, 0.1) is 6.92 Å². The molecule has 1 aliphatic rings. The van der Waals surface area contributed by atoms with E-state index in [9.17, 15) is 9.59 Å². The molecule has 1 amide bonds. The summed E-state index contributed by atoms with van der Waals surface area (Å²) >= 11 is 6.10. The highest BCUT2D eigenvalue weighted by atomic mass is 35.5.